The molecule has 0 radical (unpaired) electrons. The SMILES string of the molecule is CC1(C)CN(CCCn2cnnn2)CC[C@@]1(C)O. The summed E-state index contributed by atoms with van der Waals surface area (Å²) in [5.41, 5.74) is -0.612. The molecule has 18 heavy (non-hydrogen) atoms. The van der Waals surface area contributed by atoms with Crippen molar-refractivity contribution < 1.29 is 5.11 Å². The third kappa shape index (κ3) is 2.87. The van der Waals surface area contributed by atoms with Crippen LogP contribution in [0, 0.1) is 5.41 Å². The van der Waals surface area contributed by atoms with Gasteiger partial charge in [-0.2, -0.15) is 0 Å². The van der Waals surface area contributed by atoms with Gasteiger partial charge in [0.1, 0.15) is 6.33 Å². The van der Waals surface area contributed by atoms with Gasteiger partial charge in [0.25, 0.3) is 0 Å². The first-order valence-corrected chi connectivity index (χ1v) is 6.56. The Balaban J connectivity index is 1.78. The standard InChI is InChI=1S/C12H23N5O/c1-11(2)9-16(8-5-12(11,3)18)6-4-7-17-10-13-14-15-17/h10,18H,4-9H2,1-3H3/t12-/m1/s1. The lowest BCUT2D eigenvalue weighted by Crippen LogP contribution is -2.55. The molecule has 1 saturated heterocycles. The zero-order valence-corrected chi connectivity index (χ0v) is 11.5. The molecule has 0 aromatic carbocycles. The van der Waals surface area contributed by atoms with Gasteiger partial charge in [-0.05, 0) is 36.7 Å². The zero-order valence-electron chi connectivity index (χ0n) is 11.5. The first-order chi connectivity index (χ1) is 8.41. The lowest BCUT2D eigenvalue weighted by atomic mass is 9.71. The molecule has 1 aliphatic heterocycles. The molecule has 1 aromatic heterocycles. The molecule has 0 amide bonds. The molecule has 6 nitrogen and oxygen atoms in total. The predicted molar refractivity (Wildman–Crippen MR) is 67.9 cm³/mol. The molecule has 102 valence electrons. The molecule has 0 unspecified atom stereocenters. The molecule has 1 atom stereocenters. The summed E-state index contributed by atoms with van der Waals surface area (Å²) in [6, 6.07) is 0. The van der Waals surface area contributed by atoms with Crippen molar-refractivity contribution in [2.45, 2.75) is 45.8 Å². The summed E-state index contributed by atoms with van der Waals surface area (Å²) in [5, 5.41) is 21.4. The quantitative estimate of drug-likeness (QED) is 0.848. The van der Waals surface area contributed by atoms with E-state index in [1.807, 2.05) is 6.92 Å². The van der Waals surface area contributed by atoms with Crippen molar-refractivity contribution in [3.63, 3.8) is 0 Å². The van der Waals surface area contributed by atoms with Gasteiger partial charge in [-0.3, -0.25) is 0 Å². The highest BCUT2D eigenvalue weighted by molar-refractivity contribution is 4.96. The van der Waals surface area contributed by atoms with E-state index in [1.54, 1.807) is 11.0 Å². The number of piperidine rings is 1. The second kappa shape index (κ2) is 4.93. The van der Waals surface area contributed by atoms with Gasteiger partial charge in [0.2, 0.25) is 0 Å². The van der Waals surface area contributed by atoms with Crippen molar-refractivity contribution in [3.8, 4) is 0 Å². The molecule has 1 fully saturated rings. The number of aryl methyl sites for hydroxylation is 1. The second-order valence-electron chi connectivity index (χ2n) is 6.11. The minimum atomic E-state index is -0.556. The molecule has 1 aliphatic rings. The monoisotopic (exact) mass is 253 g/mol. The summed E-state index contributed by atoms with van der Waals surface area (Å²) >= 11 is 0. The Bertz CT molecular complexity index is 374. The Morgan fingerprint density at radius 2 is 2.06 bits per heavy atom. The van der Waals surface area contributed by atoms with E-state index < -0.39 is 5.60 Å². The molecule has 0 aliphatic carbocycles. The molecule has 1 aromatic rings. The molecule has 0 saturated carbocycles. The van der Waals surface area contributed by atoms with Gasteiger partial charge in [0.05, 0.1) is 5.60 Å². The van der Waals surface area contributed by atoms with Crippen LogP contribution in [0.5, 0.6) is 0 Å². The van der Waals surface area contributed by atoms with Crippen LogP contribution in [0.3, 0.4) is 0 Å². The highest BCUT2D eigenvalue weighted by Gasteiger charge is 2.43. The van der Waals surface area contributed by atoms with E-state index in [4.69, 9.17) is 0 Å². The maximum absolute atomic E-state index is 10.3. The molecule has 2 heterocycles. The van der Waals surface area contributed by atoms with Crippen LogP contribution in [-0.4, -0.2) is 55.4 Å². The van der Waals surface area contributed by atoms with E-state index >= 15 is 0 Å². The normalized spacial score (nSPS) is 28.4. The first-order valence-electron chi connectivity index (χ1n) is 6.56. The number of hydrogen-bond acceptors (Lipinski definition) is 5. The van der Waals surface area contributed by atoms with Crippen LogP contribution in [0.4, 0.5) is 0 Å². The summed E-state index contributed by atoms with van der Waals surface area (Å²) in [5.74, 6) is 0. The van der Waals surface area contributed by atoms with Gasteiger partial charge in [0, 0.05) is 25.0 Å². The third-order valence-corrected chi connectivity index (χ3v) is 4.24. The Morgan fingerprint density at radius 3 is 2.67 bits per heavy atom. The average molecular weight is 253 g/mol. The number of tetrazole rings is 1. The average Bonchev–Trinajstić information content (AvgIpc) is 2.76. The van der Waals surface area contributed by atoms with Crippen molar-refractivity contribution in [1.82, 2.24) is 25.1 Å². The molecule has 6 heteroatoms. The third-order valence-electron chi connectivity index (χ3n) is 4.24. The summed E-state index contributed by atoms with van der Waals surface area (Å²) in [7, 11) is 0. The number of likely N-dealkylation sites (tertiary alicyclic amines) is 1. The van der Waals surface area contributed by atoms with Gasteiger partial charge in [-0.15, -0.1) is 5.10 Å². The van der Waals surface area contributed by atoms with Gasteiger partial charge in [-0.25, -0.2) is 4.68 Å². The summed E-state index contributed by atoms with van der Waals surface area (Å²) < 4.78 is 1.76. The minimum Gasteiger partial charge on any atom is -0.390 e. The Morgan fingerprint density at radius 1 is 1.28 bits per heavy atom. The van der Waals surface area contributed by atoms with Crippen LogP contribution in [0.1, 0.15) is 33.6 Å². The van der Waals surface area contributed by atoms with Gasteiger partial charge >= 0.3 is 0 Å². The summed E-state index contributed by atoms with van der Waals surface area (Å²) in [6.45, 7) is 10.0. The van der Waals surface area contributed by atoms with Gasteiger partial charge in [0.15, 0.2) is 0 Å². The maximum atomic E-state index is 10.3. The zero-order chi connectivity index (χ0) is 13.2. The lowest BCUT2D eigenvalue weighted by Gasteiger charge is -2.48. The number of nitrogens with zero attached hydrogens (tertiary/aromatic N) is 5. The number of aromatic nitrogens is 4. The highest BCUT2D eigenvalue weighted by Crippen LogP contribution is 2.37. The van der Waals surface area contributed by atoms with Crippen molar-refractivity contribution in [2.75, 3.05) is 19.6 Å². The van der Waals surface area contributed by atoms with E-state index in [0.29, 0.717) is 0 Å². The lowest BCUT2D eigenvalue weighted by molar-refractivity contribution is -0.105. The summed E-state index contributed by atoms with van der Waals surface area (Å²) in [4.78, 5) is 2.42. The first kappa shape index (κ1) is 13.4. The van der Waals surface area contributed by atoms with Crippen LogP contribution in [0.2, 0.25) is 0 Å². The summed E-state index contributed by atoms with van der Waals surface area (Å²) in [6.07, 6.45) is 3.51. The van der Waals surface area contributed by atoms with Crippen LogP contribution in [-0.2, 0) is 6.54 Å². The number of aliphatic hydroxyl groups is 1. The van der Waals surface area contributed by atoms with Crippen LogP contribution in [0.15, 0.2) is 6.33 Å². The van der Waals surface area contributed by atoms with Crippen molar-refractivity contribution in [3.05, 3.63) is 6.33 Å². The fourth-order valence-electron chi connectivity index (χ4n) is 2.45. The van der Waals surface area contributed by atoms with E-state index in [9.17, 15) is 5.11 Å². The van der Waals surface area contributed by atoms with E-state index in [-0.39, 0.29) is 5.41 Å². The van der Waals surface area contributed by atoms with Crippen LogP contribution >= 0.6 is 0 Å². The largest absolute Gasteiger partial charge is 0.390 e. The molecular weight excluding hydrogens is 230 g/mol. The fourth-order valence-corrected chi connectivity index (χ4v) is 2.45. The van der Waals surface area contributed by atoms with E-state index in [1.165, 1.54) is 0 Å². The van der Waals surface area contributed by atoms with E-state index in [2.05, 4.69) is 34.3 Å². The fraction of sp³-hybridized carbons (Fsp3) is 0.917. The molecule has 0 bridgehead atoms. The highest BCUT2D eigenvalue weighted by atomic mass is 16.3. The van der Waals surface area contributed by atoms with Crippen molar-refractivity contribution >= 4 is 0 Å². The second-order valence-corrected chi connectivity index (χ2v) is 6.11. The Labute approximate surface area is 108 Å². The Hall–Kier alpha value is -1.01. The van der Waals surface area contributed by atoms with E-state index in [0.717, 1.165) is 39.0 Å². The van der Waals surface area contributed by atoms with Gasteiger partial charge < -0.3 is 10.0 Å². The molecule has 2 rings (SSSR count). The predicted octanol–water partition coefficient (Wildman–Crippen LogP) is 0.546. The van der Waals surface area contributed by atoms with Crippen LogP contribution in [0.25, 0.3) is 0 Å². The molecule has 0 spiro atoms. The Kier molecular flexibility index (Phi) is 3.68. The smallest absolute Gasteiger partial charge is 0.138 e. The molecular formula is C12H23N5O. The molecule has 1 N–H and O–H groups in total. The number of rotatable bonds is 4. The number of hydrogen-bond donors (Lipinski definition) is 1. The van der Waals surface area contributed by atoms with Crippen molar-refractivity contribution in [2.24, 2.45) is 5.41 Å². The van der Waals surface area contributed by atoms with Gasteiger partial charge in [-0.1, -0.05) is 13.8 Å². The maximum Gasteiger partial charge on any atom is 0.138 e. The van der Waals surface area contributed by atoms with Crippen molar-refractivity contribution in [1.29, 1.82) is 0 Å². The minimum absolute atomic E-state index is 0.0555. The van der Waals surface area contributed by atoms with Crippen LogP contribution < -0.4 is 0 Å². The topological polar surface area (TPSA) is 67.1 Å².